The number of amides is 1. The van der Waals surface area contributed by atoms with Crippen molar-refractivity contribution in [1.29, 1.82) is 0 Å². The lowest BCUT2D eigenvalue weighted by Crippen LogP contribution is -2.39. The molecule has 1 amide bonds. The van der Waals surface area contributed by atoms with Crippen molar-refractivity contribution in [3.8, 4) is 10.7 Å². The Kier molecular flexibility index (Phi) is 5.92. The molecular formula is C21H25N5OS. The van der Waals surface area contributed by atoms with Gasteiger partial charge in [0.05, 0.1) is 10.2 Å². The maximum atomic E-state index is 12.7. The summed E-state index contributed by atoms with van der Waals surface area (Å²) in [6, 6.07) is 8.58. The van der Waals surface area contributed by atoms with Crippen LogP contribution in [0.5, 0.6) is 0 Å². The molecule has 0 aliphatic carbocycles. The first-order valence-electron chi connectivity index (χ1n) is 9.91. The van der Waals surface area contributed by atoms with Crippen LogP contribution in [0, 0.1) is 0 Å². The molecule has 6 nitrogen and oxygen atoms in total. The lowest BCUT2D eigenvalue weighted by Gasteiger charge is -2.33. The number of para-hydroxylation sites is 1. The maximum Gasteiger partial charge on any atom is 0.272 e. The van der Waals surface area contributed by atoms with E-state index in [0.717, 1.165) is 28.2 Å². The summed E-state index contributed by atoms with van der Waals surface area (Å²) in [4.78, 5) is 28.5. The molecule has 0 spiro atoms. The Morgan fingerprint density at radius 2 is 2.11 bits per heavy atom. The summed E-state index contributed by atoms with van der Waals surface area (Å²) in [6.45, 7) is 5.12. The van der Waals surface area contributed by atoms with Gasteiger partial charge < -0.3 is 10.2 Å². The van der Waals surface area contributed by atoms with Gasteiger partial charge in [0.25, 0.3) is 5.91 Å². The molecule has 1 aliphatic rings. The van der Waals surface area contributed by atoms with E-state index in [1.165, 1.54) is 37.1 Å². The van der Waals surface area contributed by atoms with Crippen molar-refractivity contribution in [3.05, 3.63) is 42.4 Å². The molecule has 1 aromatic carbocycles. The molecular weight excluding hydrogens is 370 g/mol. The molecule has 1 aliphatic heterocycles. The van der Waals surface area contributed by atoms with Crippen LogP contribution in [-0.4, -0.2) is 51.4 Å². The van der Waals surface area contributed by atoms with Gasteiger partial charge in [-0.25, -0.2) is 15.0 Å². The third kappa shape index (κ3) is 4.20. The zero-order chi connectivity index (χ0) is 19.3. The Balaban J connectivity index is 1.40. The molecule has 0 radical (unpaired) electrons. The number of fused-ring (bicyclic) bond motifs is 1. The standard InChI is InChI=1S/C21H25N5OS/c1-15-7-4-5-13-26(15)14-6-10-24-20(27)18-19(23-12-11-22-18)21-25-16-8-2-3-9-17(16)28-21/h2-3,8-9,11-12,15H,4-7,10,13-14H2,1H3,(H,24,27). The lowest BCUT2D eigenvalue weighted by molar-refractivity contribution is 0.0944. The van der Waals surface area contributed by atoms with Crippen molar-refractivity contribution < 1.29 is 4.79 Å². The van der Waals surface area contributed by atoms with Crippen LogP contribution in [0.1, 0.15) is 43.1 Å². The van der Waals surface area contributed by atoms with E-state index in [4.69, 9.17) is 0 Å². The van der Waals surface area contributed by atoms with Crippen LogP contribution < -0.4 is 5.32 Å². The van der Waals surface area contributed by atoms with E-state index in [1.54, 1.807) is 12.4 Å². The molecule has 1 unspecified atom stereocenters. The van der Waals surface area contributed by atoms with Crippen molar-refractivity contribution in [3.63, 3.8) is 0 Å². The Labute approximate surface area is 169 Å². The number of carbonyl (C=O) groups excluding carboxylic acids is 1. The molecule has 4 rings (SSSR count). The highest BCUT2D eigenvalue weighted by Gasteiger charge is 2.20. The van der Waals surface area contributed by atoms with Crippen molar-refractivity contribution in [2.75, 3.05) is 19.6 Å². The van der Waals surface area contributed by atoms with Gasteiger partial charge in [-0.1, -0.05) is 18.6 Å². The zero-order valence-corrected chi connectivity index (χ0v) is 16.9. The average Bonchev–Trinajstić information content (AvgIpc) is 3.16. The number of nitrogens with zero attached hydrogens (tertiary/aromatic N) is 4. The Morgan fingerprint density at radius 3 is 2.96 bits per heavy atom. The largest absolute Gasteiger partial charge is 0.351 e. The van der Waals surface area contributed by atoms with Gasteiger partial charge in [-0.15, -0.1) is 11.3 Å². The summed E-state index contributed by atoms with van der Waals surface area (Å²) in [5.74, 6) is -0.186. The predicted octanol–water partition coefficient (Wildman–Crippen LogP) is 3.75. The minimum Gasteiger partial charge on any atom is -0.351 e. The van der Waals surface area contributed by atoms with E-state index in [0.29, 0.717) is 24.0 Å². The van der Waals surface area contributed by atoms with Crippen LogP contribution >= 0.6 is 11.3 Å². The Hall–Kier alpha value is -2.38. The van der Waals surface area contributed by atoms with Gasteiger partial charge in [0, 0.05) is 31.5 Å². The number of hydrogen-bond acceptors (Lipinski definition) is 6. The Morgan fingerprint density at radius 1 is 1.25 bits per heavy atom. The molecule has 0 bridgehead atoms. The van der Waals surface area contributed by atoms with Crippen molar-refractivity contribution in [2.45, 2.75) is 38.6 Å². The fourth-order valence-corrected chi connectivity index (χ4v) is 4.65. The van der Waals surface area contributed by atoms with Gasteiger partial charge in [-0.3, -0.25) is 4.79 Å². The number of hydrogen-bond donors (Lipinski definition) is 1. The summed E-state index contributed by atoms with van der Waals surface area (Å²) >= 11 is 1.53. The number of rotatable bonds is 6. The van der Waals surface area contributed by atoms with Gasteiger partial charge in [0.15, 0.2) is 5.69 Å². The van der Waals surface area contributed by atoms with Gasteiger partial charge in [-0.05, 0) is 44.9 Å². The van der Waals surface area contributed by atoms with E-state index < -0.39 is 0 Å². The second kappa shape index (κ2) is 8.75. The molecule has 3 heterocycles. The van der Waals surface area contributed by atoms with Crippen LogP contribution in [0.3, 0.4) is 0 Å². The molecule has 0 saturated carbocycles. The zero-order valence-electron chi connectivity index (χ0n) is 16.1. The smallest absolute Gasteiger partial charge is 0.272 e. The lowest BCUT2D eigenvalue weighted by atomic mass is 10.0. The number of thiazole rings is 1. The van der Waals surface area contributed by atoms with E-state index in [9.17, 15) is 4.79 Å². The molecule has 7 heteroatoms. The molecule has 1 saturated heterocycles. The maximum absolute atomic E-state index is 12.7. The number of carbonyl (C=O) groups is 1. The highest BCUT2D eigenvalue weighted by molar-refractivity contribution is 7.21. The van der Waals surface area contributed by atoms with E-state index in [-0.39, 0.29) is 5.91 Å². The molecule has 1 N–H and O–H groups in total. The fraction of sp³-hybridized carbons (Fsp3) is 0.429. The number of likely N-dealkylation sites (tertiary alicyclic amines) is 1. The summed E-state index contributed by atoms with van der Waals surface area (Å²) < 4.78 is 1.07. The van der Waals surface area contributed by atoms with Crippen molar-refractivity contribution in [1.82, 2.24) is 25.2 Å². The second-order valence-corrected chi connectivity index (χ2v) is 8.26. The molecule has 3 aromatic rings. The fourth-order valence-electron chi connectivity index (χ4n) is 3.69. The highest BCUT2D eigenvalue weighted by Crippen LogP contribution is 2.30. The molecule has 2 aromatic heterocycles. The number of nitrogens with one attached hydrogen (secondary N) is 1. The van der Waals surface area contributed by atoms with Crippen LogP contribution in [0.25, 0.3) is 20.9 Å². The van der Waals surface area contributed by atoms with Gasteiger partial charge in [0.1, 0.15) is 10.7 Å². The molecule has 146 valence electrons. The van der Waals surface area contributed by atoms with E-state index in [2.05, 4.69) is 32.1 Å². The summed E-state index contributed by atoms with van der Waals surface area (Å²) in [5, 5.41) is 3.73. The summed E-state index contributed by atoms with van der Waals surface area (Å²) in [6.07, 6.45) is 7.98. The van der Waals surface area contributed by atoms with Crippen molar-refractivity contribution in [2.24, 2.45) is 0 Å². The average molecular weight is 396 g/mol. The molecule has 1 atom stereocenters. The van der Waals surface area contributed by atoms with Gasteiger partial charge in [0.2, 0.25) is 0 Å². The van der Waals surface area contributed by atoms with E-state index in [1.807, 2.05) is 24.3 Å². The number of benzene rings is 1. The first-order valence-corrected chi connectivity index (χ1v) is 10.7. The van der Waals surface area contributed by atoms with Crippen LogP contribution in [0.4, 0.5) is 0 Å². The number of aromatic nitrogens is 3. The van der Waals surface area contributed by atoms with Crippen LogP contribution in [0.15, 0.2) is 36.7 Å². The highest BCUT2D eigenvalue weighted by atomic mass is 32.1. The van der Waals surface area contributed by atoms with Crippen LogP contribution in [0.2, 0.25) is 0 Å². The monoisotopic (exact) mass is 395 g/mol. The van der Waals surface area contributed by atoms with Crippen molar-refractivity contribution >= 4 is 27.5 Å². The quantitative estimate of drug-likeness (QED) is 0.644. The predicted molar refractivity (Wildman–Crippen MR) is 112 cm³/mol. The summed E-state index contributed by atoms with van der Waals surface area (Å²) in [7, 11) is 0. The third-order valence-corrected chi connectivity index (χ3v) is 6.30. The minimum absolute atomic E-state index is 0.186. The Bertz CT molecular complexity index is 924. The summed E-state index contributed by atoms with van der Waals surface area (Å²) in [5.41, 5.74) is 1.80. The third-order valence-electron chi connectivity index (χ3n) is 5.26. The van der Waals surface area contributed by atoms with E-state index >= 15 is 0 Å². The SMILES string of the molecule is CC1CCCCN1CCCNC(=O)c1nccnc1-c1nc2ccccc2s1. The number of piperidine rings is 1. The minimum atomic E-state index is -0.186. The van der Waals surface area contributed by atoms with Gasteiger partial charge >= 0.3 is 0 Å². The second-order valence-electron chi connectivity index (χ2n) is 7.23. The molecule has 1 fully saturated rings. The molecule has 28 heavy (non-hydrogen) atoms. The van der Waals surface area contributed by atoms with Gasteiger partial charge in [-0.2, -0.15) is 0 Å². The first-order chi connectivity index (χ1) is 13.7. The topological polar surface area (TPSA) is 71.0 Å². The first kappa shape index (κ1) is 19.0. The normalized spacial score (nSPS) is 17.7. The van der Waals surface area contributed by atoms with Crippen LogP contribution in [-0.2, 0) is 0 Å².